The molecule has 0 aliphatic rings. The highest BCUT2D eigenvalue weighted by Crippen LogP contribution is 2.13. The summed E-state index contributed by atoms with van der Waals surface area (Å²) in [5.41, 5.74) is 2.53. The van der Waals surface area contributed by atoms with E-state index in [0.717, 1.165) is 23.1 Å². The number of hydrogen-bond acceptors (Lipinski definition) is 1. The molecule has 0 fully saturated rings. The summed E-state index contributed by atoms with van der Waals surface area (Å²) in [5.74, 6) is 12.7. The topological polar surface area (TPSA) is 9.23 Å². The van der Waals surface area contributed by atoms with E-state index in [1.54, 1.807) is 0 Å². The van der Waals surface area contributed by atoms with Gasteiger partial charge in [-0.1, -0.05) is 48.8 Å². The fourth-order valence-electron chi connectivity index (χ4n) is 2.14. The van der Waals surface area contributed by atoms with E-state index in [1.165, 1.54) is 0 Å². The van der Waals surface area contributed by atoms with E-state index in [4.69, 9.17) is 4.74 Å². The van der Waals surface area contributed by atoms with Gasteiger partial charge in [-0.15, -0.1) is 0 Å². The van der Waals surface area contributed by atoms with Crippen molar-refractivity contribution in [1.82, 2.24) is 0 Å². The van der Waals surface area contributed by atoms with E-state index in [1.807, 2.05) is 68.4 Å². The highest BCUT2D eigenvalue weighted by Gasteiger charge is 2.17. The molecule has 24 heavy (non-hydrogen) atoms. The van der Waals surface area contributed by atoms with Crippen LogP contribution in [0, 0.1) is 23.7 Å². The van der Waals surface area contributed by atoms with Crippen LogP contribution in [0.2, 0.25) is 0 Å². The highest BCUT2D eigenvalue weighted by atomic mass is 16.5. The summed E-state index contributed by atoms with van der Waals surface area (Å²) in [4.78, 5) is 0. The number of benzene rings is 2. The first-order valence-electron chi connectivity index (χ1n) is 8.36. The second-order valence-corrected chi connectivity index (χ2v) is 6.29. The lowest BCUT2D eigenvalue weighted by molar-refractivity contribution is -0.0269. The van der Waals surface area contributed by atoms with Crippen LogP contribution in [0.1, 0.15) is 50.8 Å². The molecule has 0 bridgehead atoms. The Morgan fingerprint density at radius 2 is 1.33 bits per heavy atom. The van der Waals surface area contributed by atoms with Gasteiger partial charge in [0.2, 0.25) is 0 Å². The molecule has 1 heteroatoms. The lowest BCUT2D eigenvalue weighted by atomic mass is 10.1. The quantitative estimate of drug-likeness (QED) is 0.722. The van der Waals surface area contributed by atoms with Gasteiger partial charge in [0.1, 0.15) is 5.60 Å². The van der Waals surface area contributed by atoms with Crippen molar-refractivity contribution in [2.75, 3.05) is 0 Å². The first-order valence-corrected chi connectivity index (χ1v) is 8.36. The minimum atomic E-state index is -0.443. The molecule has 2 rings (SSSR count). The second kappa shape index (κ2) is 8.39. The van der Waals surface area contributed by atoms with Crippen molar-refractivity contribution in [2.24, 2.45) is 0 Å². The molecule has 0 aliphatic carbocycles. The van der Waals surface area contributed by atoms with Gasteiger partial charge in [-0.05, 0) is 63.6 Å². The molecule has 1 nitrogen and oxygen atoms in total. The Labute approximate surface area is 146 Å². The molecule has 0 radical (unpaired) electrons. The van der Waals surface area contributed by atoms with E-state index in [2.05, 4.69) is 37.5 Å². The largest absolute Gasteiger partial charge is 0.360 e. The van der Waals surface area contributed by atoms with Crippen LogP contribution in [-0.4, -0.2) is 11.7 Å². The van der Waals surface area contributed by atoms with Crippen LogP contribution in [0.25, 0.3) is 0 Å². The van der Waals surface area contributed by atoms with Crippen molar-refractivity contribution in [3.63, 3.8) is 0 Å². The van der Waals surface area contributed by atoms with Gasteiger partial charge in [-0.3, -0.25) is 0 Å². The van der Waals surface area contributed by atoms with Crippen molar-refractivity contribution in [3.8, 4) is 23.7 Å². The van der Waals surface area contributed by atoms with Gasteiger partial charge in [0.15, 0.2) is 0 Å². The zero-order valence-corrected chi connectivity index (χ0v) is 14.9. The zero-order chi connectivity index (χ0) is 17.4. The van der Waals surface area contributed by atoms with E-state index in [-0.39, 0.29) is 6.10 Å². The number of rotatable bonds is 3. The van der Waals surface area contributed by atoms with E-state index in [9.17, 15) is 0 Å². The Kier molecular flexibility index (Phi) is 6.25. The lowest BCUT2D eigenvalue weighted by Gasteiger charge is -2.23. The zero-order valence-electron chi connectivity index (χ0n) is 14.9. The first-order chi connectivity index (χ1) is 11.5. The lowest BCUT2D eigenvalue weighted by Crippen LogP contribution is -2.27. The third-order valence-electron chi connectivity index (χ3n) is 3.59. The Hall–Kier alpha value is -2.48. The van der Waals surface area contributed by atoms with Gasteiger partial charge in [0.25, 0.3) is 0 Å². The van der Waals surface area contributed by atoms with Crippen LogP contribution < -0.4 is 0 Å². The predicted molar refractivity (Wildman–Crippen MR) is 101 cm³/mol. The summed E-state index contributed by atoms with van der Waals surface area (Å²) in [5, 5.41) is 0. The first kappa shape index (κ1) is 17.9. The molecule has 122 valence electrons. The SMILES string of the molecule is CCC(C)OC(C)(C)C#Cc1ccc(C#Cc2ccccc2)cc1. The van der Waals surface area contributed by atoms with E-state index >= 15 is 0 Å². The molecule has 0 saturated heterocycles. The fraction of sp³-hybridized carbons (Fsp3) is 0.304. The Morgan fingerprint density at radius 1 is 0.833 bits per heavy atom. The van der Waals surface area contributed by atoms with Crippen LogP contribution in [0.15, 0.2) is 54.6 Å². The highest BCUT2D eigenvalue weighted by molar-refractivity contribution is 5.46. The van der Waals surface area contributed by atoms with Crippen LogP contribution in [0.4, 0.5) is 0 Å². The van der Waals surface area contributed by atoms with Crippen molar-refractivity contribution in [2.45, 2.75) is 45.8 Å². The minimum Gasteiger partial charge on any atom is -0.360 e. The molecule has 2 aromatic rings. The molecule has 0 aromatic heterocycles. The normalized spacial score (nSPS) is 11.7. The Morgan fingerprint density at radius 3 is 1.88 bits per heavy atom. The smallest absolute Gasteiger partial charge is 0.123 e. The van der Waals surface area contributed by atoms with Crippen LogP contribution in [-0.2, 0) is 4.74 Å². The number of ether oxygens (including phenoxy) is 1. The van der Waals surface area contributed by atoms with Crippen molar-refractivity contribution < 1.29 is 4.74 Å². The minimum absolute atomic E-state index is 0.213. The molecule has 1 atom stereocenters. The van der Waals surface area contributed by atoms with Gasteiger partial charge in [-0.25, -0.2) is 0 Å². The molecule has 0 spiro atoms. The molecular weight excluding hydrogens is 292 g/mol. The van der Waals surface area contributed by atoms with Crippen molar-refractivity contribution in [3.05, 3.63) is 71.3 Å². The molecule has 0 amide bonds. The average Bonchev–Trinajstić information content (AvgIpc) is 2.59. The van der Waals surface area contributed by atoms with E-state index in [0.29, 0.717) is 0 Å². The average molecular weight is 316 g/mol. The van der Waals surface area contributed by atoms with Gasteiger partial charge in [-0.2, -0.15) is 0 Å². The summed E-state index contributed by atoms with van der Waals surface area (Å²) in [6, 6.07) is 18.0. The van der Waals surface area contributed by atoms with Gasteiger partial charge < -0.3 is 4.74 Å². The molecule has 0 heterocycles. The molecule has 0 aliphatic heterocycles. The maximum Gasteiger partial charge on any atom is 0.123 e. The van der Waals surface area contributed by atoms with Crippen molar-refractivity contribution in [1.29, 1.82) is 0 Å². The summed E-state index contributed by atoms with van der Waals surface area (Å²) >= 11 is 0. The summed E-state index contributed by atoms with van der Waals surface area (Å²) < 4.78 is 5.92. The molecular formula is C23H24O. The van der Waals surface area contributed by atoms with Crippen LogP contribution in [0.5, 0.6) is 0 Å². The van der Waals surface area contributed by atoms with Gasteiger partial charge in [0, 0.05) is 16.7 Å². The molecule has 0 saturated carbocycles. The third kappa shape index (κ3) is 5.96. The van der Waals surface area contributed by atoms with E-state index < -0.39 is 5.60 Å². The summed E-state index contributed by atoms with van der Waals surface area (Å²) in [6.45, 7) is 8.20. The van der Waals surface area contributed by atoms with Gasteiger partial charge >= 0.3 is 0 Å². The third-order valence-corrected chi connectivity index (χ3v) is 3.59. The molecule has 2 aromatic carbocycles. The van der Waals surface area contributed by atoms with Crippen LogP contribution in [0.3, 0.4) is 0 Å². The maximum absolute atomic E-state index is 5.92. The maximum atomic E-state index is 5.92. The standard InChI is InChI=1S/C23H24O/c1-5-19(2)24-23(3,4)18-17-22-15-13-21(14-16-22)12-11-20-9-7-6-8-10-20/h6-10,13-16,19H,5H2,1-4H3. The number of hydrogen-bond donors (Lipinski definition) is 0. The fourth-order valence-corrected chi connectivity index (χ4v) is 2.14. The summed E-state index contributed by atoms with van der Waals surface area (Å²) in [6.07, 6.45) is 1.20. The monoisotopic (exact) mass is 316 g/mol. The Bertz CT molecular complexity index is 762. The predicted octanol–water partition coefficient (Wildman–Crippen LogP) is 5.03. The Balaban J connectivity index is 2.06. The van der Waals surface area contributed by atoms with Crippen LogP contribution >= 0.6 is 0 Å². The molecule has 0 N–H and O–H groups in total. The van der Waals surface area contributed by atoms with Gasteiger partial charge in [0.05, 0.1) is 6.10 Å². The van der Waals surface area contributed by atoms with Crippen molar-refractivity contribution >= 4 is 0 Å². The second-order valence-electron chi connectivity index (χ2n) is 6.29. The summed E-state index contributed by atoms with van der Waals surface area (Å²) in [7, 11) is 0. The molecule has 1 unspecified atom stereocenters.